The predicted octanol–water partition coefficient (Wildman–Crippen LogP) is 5.27. The Morgan fingerprint density at radius 2 is 1.76 bits per heavy atom. The first-order chi connectivity index (χ1) is 28.4. The number of anilines is 1. The zero-order valence-corrected chi connectivity index (χ0v) is 35.6. The maximum atomic E-state index is 15.4. The van der Waals surface area contributed by atoms with E-state index in [0.717, 1.165) is 78.7 Å². The van der Waals surface area contributed by atoms with Crippen molar-refractivity contribution in [2.75, 3.05) is 66.0 Å². The van der Waals surface area contributed by atoms with Gasteiger partial charge < -0.3 is 38.8 Å². The van der Waals surface area contributed by atoms with Crippen molar-refractivity contribution < 1.29 is 38.4 Å². The molecule has 1 aromatic heterocycles. The highest BCUT2D eigenvalue weighted by molar-refractivity contribution is 5.95. The van der Waals surface area contributed by atoms with Gasteiger partial charge in [0.15, 0.2) is 6.10 Å². The first kappa shape index (κ1) is 40.0. The summed E-state index contributed by atoms with van der Waals surface area (Å²) in [7, 11) is 6.30. The van der Waals surface area contributed by atoms with Crippen LogP contribution in [0.3, 0.4) is 0 Å². The number of aliphatic hydroxyl groups is 1. The number of fused-ring (bicyclic) bond motifs is 6. The van der Waals surface area contributed by atoms with Crippen LogP contribution in [0.1, 0.15) is 81.7 Å². The lowest BCUT2D eigenvalue weighted by molar-refractivity contribution is -0.228. The van der Waals surface area contributed by atoms with Gasteiger partial charge in [0, 0.05) is 90.9 Å². The second-order valence-electron chi connectivity index (χ2n) is 18.3. The Labute approximate surface area is 347 Å². The number of aromatic nitrogens is 1. The molecule has 12 nitrogen and oxygen atoms in total. The number of nitrogens with zero attached hydrogens (tertiary/aromatic N) is 3. The fraction of sp³-hybridized carbons (Fsp3) is 0.596. The molecule has 2 aromatic carbocycles. The van der Waals surface area contributed by atoms with E-state index in [1.165, 1.54) is 21.1 Å². The maximum Gasteiger partial charge on any atom is 0.344 e. The second kappa shape index (κ2) is 14.4. The number of hydrogen-bond donors (Lipinski definition) is 2. The number of ether oxygens (including phenoxy) is 4. The number of nitrogens with one attached hydrogen (secondary N) is 1. The summed E-state index contributed by atoms with van der Waals surface area (Å²) in [5.74, 6) is -0.554. The largest absolute Gasteiger partial charge is 0.496 e. The van der Waals surface area contributed by atoms with Crippen molar-refractivity contribution in [3.05, 3.63) is 70.9 Å². The van der Waals surface area contributed by atoms with Crippen molar-refractivity contribution in [1.29, 1.82) is 0 Å². The van der Waals surface area contributed by atoms with Gasteiger partial charge in [-0.15, -0.1) is 0 Å². The van der Waals surface area contributed by atoms with Crippen molar-refractivity contribution in [3.63, 3.8) is 0 Å². The lowest BCUT2D eigenvalue weighted by Gasteiger charge is -2.63. The standard InChI is InChI=1S/C47H60N4O8/c1-8-13-29-22-30-25-46(42(53)57-6,38-32(16-20-50(26-29)27-30)31-14-10-11-15-35(31)48-38)34-23-33-36(24-37(34)56-5)49(4)40-45(33)18-21-51-19-12-17-44(9-2,39(45)51)41(59-28(3)52)47(40,55)43(54)58-7/h10-12,14-15,17,23-24,29-30,39-41,48,55H,8-9,13,16,18-22,25-27H2,1-7H3/t29-,30-,39-,40+,41+,44+,45+,46-,47-/m0/s1. The minimum Gasteiger partial charge on any atom is -0.496 e. The third-order valence-corrected chi connectivity index (χ3v) is 15.6. The molecule has 10 atom stereocenters. The van der Waals surface area contributed by atoms with E-state index in [2.05, 4.69) is 58.1 Å². The molecule has 6 heterocycles. The first-order valence-electron chi connectivity index (χ1n) is 21.7. The van der Waals surface area contributed by atoms with Gasteiger partial charge >= 0.3 is 17.9 Å². The molecule has 12 heteroatoms. The number of likely N-dealkylation sites (N-methyl/N-ethyl adjacent to an activating group) is 1. The number of H-pyrrole nitrogens is 1. The lowest BCUT2D eigenvalue weighted by atomic mass is 9.47. The summed E-state index contributed by atoms with van der Waals surface area (Å²) in [6, 6.07) is 11.3. The smallest absolute Gasteiger partial charge is 0.344 e. The molecule has 5 aliphatic heterocycles. The average molecular weight is 809 g/mol. The minimum atomic E-state index is -2.27. The van der Waals surface area contributed by atoms with Gasteiger partial charge in [-0.25, -0.2) is 4.79 Å². The zero-order valence-electron chi connectivity index (χ0n) is 35.6. The lowest BCUT2D eigenvalue weighted by Crippen LogP contribution is -2.81. The van der Waals surface area contributed by atoms with Gasteiger partial charge in [-0.1, -0.05) is 50.6 Å². The van der Waals surface area contributed by atoms with Crippen LogP contribution in [-0.2, 0) is 45.8 Å². The van der Waals surface area contributed by atoms with Crippen molar-refractivity contribution >= 4 is 34.5 Å². The Morgan fingerprint density at radius 3 is 2.47 bits per heavy atom. The number of hydrogen-bond acceptors (Lipinski definition) is 11. The van der Waals surface area contributed by atoms with Gasteiger partial charge in [0.2, 0.25) is 5.60 Å². The van der Waals surface area contributed by atoms with Crippen molar-refractivity contribution in [3.8, 4) is 5.75 Å². The van der Waals surface area contributed by atoms with Crippen LogP contribution >= 0.6 is 0 Å². The molecule has 2 N–H and O–H groups in total. The van der Waals surface area contributed by atoms with Gasteiger partial charge in [-0.2, -0.15) is 0 Å². The summed E-state index contributed by atoms with van der Waals surface area (Å²) < 4.78 is 24.1. The van der Waals surface area contributed by atoms with Gasteiger partial charge in [-0.3, -0.25) is 14.5 Å². The van der Waals surface area contributed by atoms with Crippen LogP contribution in [0.2, 0.25) is 0 Å². The van der Waals surface area contributed by atoms with E-state index in [1.54, 1.807) is 7.11 Å². The molecule has 9 rings (SSSR count). The van der Waals surface area contributed by atoms with E-state index in [1.807, 2.05) is 31.0 Å². The minimum absolute atomic E-state index is 0.185. The molecule has 3 aromatic rings. The molecule has 1 saturated carbocycles. The highest BCUT2D eigenvalue weighted by Gasteiger charge is 2.80. The zero-order chi connectivity index (χ0) is 41.6. The summed E-state index contributed by atoms with van der Waals surface area (Å²) in [5, 5.41) is 14.4. The molecule has 6 aliphatic rings. The molecule has 316 valence electrons. The number of aromatic amines is 1. The molecule has 0 amide bonds. The SMILES string of the molecule is CCC[C@H]1C[C@@H]2CN(CCc3c([nH]c4ccccc34)[C@@](C(=O)OC)(c3cc4c(cc3OC)N(C)[C@H]3[C@@](O)(C(=O)OC)[C@H](OC(C)=O)[C@]5(CC)C=CCN6CC[C@]43[C@@H]65)C2)C1. The van der Waals surface area contributed by atoms with Crippen LogP contribution in [0, 0.1) is 17.3 Å². The topological polar surface area (TPSA) is 134 Å². The molecule has 1 unspecified atom stereocenters. The second-order valence-corrected chi connectivity index (χ2v) is 18.3. The molecule has 2 bridgehead atoms. The molecule has 1 aliphatic carbocycles. The summed E-state index contributed by atoms with van der Waals surface area (Å²) in [5.41, 5.74) is -0.0423. The molecule has 0 radical (unpaired) electrons. The summed E-state index contributed by atoms with van der Waals surface area (Å²) in [4.78, 5) is 53.6. The van der Waals surface area contributed by atoms with Gasteiger partial charge in [0.05, 0.1) is 27.4 Å². The average Bonchev–Trinajstić information content (AvgIpc) is 3.90. The Balaban J connectivity index is 1.35. The highest BCUT2D eigenvalue weighted by atomic mass is 16.6. The highest BCUT2D eigenvalue weighted by Crippen LogP contribution is 2.68. The molecule has 2 saturated heterocycles. The number of piperidine rings is 1. The maximum absolute atomic E-state index is 15.4. The molecular formula is C47H60N4O8. The molecular weight excluding hydrogens is 749 g/mol. The first-order valence-corrected chi connectivity index (χ1v) is 21.7. The van der Waals surface area contributed by atoms with Crippen LogP contribution in [0.15, 0.2) is 48.6 Å². The van der Waals surface area contributed by atoms with E-state index in [-0.39, 0.29) is 17.9 Å². The van der Waals surface area contributed by atoms with Crippen LogP contribution in [0.25, 0.3) is 10.9 Å². The van der Waals surface area contributed by atoms with E-state index in [9.17, 15) is 14.7 Å². The number of benzene rings is 2. The predicted molar refractivity (Wildman–Crippen MR) is 224 cm³/mol. The van der Waals surface area contributed by atoms with Crippen molar-refractivity contribution in [2.24, 2.45) is 17.3 Å². The van der Waals surface area contributed by atoms with Crippen molar-refractivity contribution in [1.82, 2.24) is 14.8 Å². The van der Waals surface area contributed by atoms with Gasteiger partial charge in [0.25, 0.3) is 0 Å². The van der Waals surface area contributed by atoms with Crippen LogP contribution in [0.5, 0.6) is 5.75 Å². The number of methoxy groups -OCH3 is 3. The summed E-state index contributed by atoms with van der Waals surface area (Å²) in [6.45, 7) is 9.80. The van der Waals surface area contributed by atoms with E-state index >= 15 is 4.79 Å². The quantitative estimate of drug-likeness (QED) is 0.175. The molecule has 1 spiro atoms. The van der Waals surface area contributed by atoms with Crippen LogP contribution < -0.4 is 9.64 Å². The normalized spacial score (nSPS) is 35.7. The van der Waals surface area contributed by atoms with E-state index in [4.69, 9.17) is 18.9 Å². The summed E-state index contributed by atoms with van der Waals surface area (Å²) >= 11 is 0. The fourth-order valence-electron chi connectivity index (χ4n) is 13.8. The van der Waals surface area contributed by atoms with Crippen LogP contribution in [-0.4, -0.2) is 123 Å². The van der Waals surface area contributed by atoms with E-state index < -0.39 is 45.9 Å². The summed E-state index contributed by atoms with van der Waals surface area (Å²) in [6.07, 6.45) is 8.53. The van der Waals surface area contributed by atoms with Crippen LogP contribution in [0.4, 0.5) is 5.69 Å². The number of para-hydroxylation sites is 1. The number of esters is 3. The van der Waals surface area contributed by atoms with E-state index in [0.29, 0.717) is 49.6 Å². The third kappa shape index (κ3) is 5.33. The fourth-order valence-corrected chi connectivity index (χ4v) is 13.8. The number of rotatable bonds is 8. The third-order valence-electron chi connectivity index (χ3n) is 15.6. The van der Waals surface area contributed by atoms with Gasteiger partial charge in [-0.05, 0) is 80.2 Å². The Hall–Kier alpha value is -4.39. The Kier molecular flexibility index (Phi) is 9.75. The number of carbonyl (C=O) groups excluding carboxylic acids is 3. The molecule has 3 fully saturated rings. The van der Waals surface area contributed by atoms with Crippen molar-refractivity contribution in [2.45, 2.75) is 100 Å². The Morgan fingerprint density at radius 1 is 0.983 bits per heavy atom. The number of carbonyl (C=O) groups is 3. The molecule has 59 heavy (non-hydrogen) atoms. The monoisotopic (exact) mass is 808 g/mol. The van der Waals surface area contributed by atoms with Gasteiger partial charge in [0.1, 0.15) is 11.2 Å². The Bertz CT molecular complexity index is 2220.